The molecule has 4 fully saturated rings. The molecule has 5 aliphatic heterocycles. The van der Waals surface area contributed by atoms with Crippen molar-refractivity contribution in [2.24, 2.45) is 5.92 Å². The van der Waals surface area contributed by atoms with Crippen molar-refractivity contribution in [2.75, 3.05) is 60.3 Å². The van der Waals surface area contributed by atoms with E-state index in [0.29, 0.717) is 22.5 Å². The summed E-state index contributed by atoms with van der Waals surface area (Å²) in [5.74, 6) is -5.18. The highest BCUT2D eigenvalue weighted by Gasteiger charge is 2.45. The monoisotopic (exact) mass is 965 g/mol. The molecule has 0 aliphatic carbocycles. The van der Waals surface area contributed by atoms with Crippen LogP contribution in [0.3, 0.4) is 0 Å². The molecule has 4 atom stereocenters. The zero-order chi connectivity index (χ0) is 48.5. The van der Waals surface area contributed by atoms with Crippen LogP contribution >= 0.6 is 0 Å². The van der Waals surface area contributed by atoms with Crippen LogP contribution in [-0.4, -0.2) is 132 Å². The molecule has 360 valence electrons. The minimum Gasteiger partial charge on any atom is -0.372 e. The summed E-state index contributed by atoms with van der Waals surface area (Å²) in [7, 11) is -4.37. The van der Waals surface area contributed by atoms with Gasteiger partial charge < -0.3 is 14.8 Å². The first-order valence-electron chi connectivity index (χ1n) is 23.2. The second kappa shape index (κ2) is 18.0. The minimum atomic E-state index is -4.37. The SMILES string of the molecule is C[C@@H]1CN(c2ccc3c(c2)C(=O)N(C2CCC(=O)NC2=O)C3=O)C[C@@H](C)N1CC1CCN(c2ccc(-c3cnc4[nH]cc(C(=O)c5c(F)ccc(NS(=O)(=O)N6CC[C@@H](F)C6)c5F)c4c3)cc2)CC1. The Bertz CT molecular complexity index is 3020. The Labute approximate surface area is 396 Å². The number of alkyl halides is 1. The summed E-state index contributed by atoms with van der Waals surface area (Å²) < 4.78 is 73.2. The van der Waals surface area contributed by atoms with Crippen molar-refractivity contribution in [1.82, 2.24) is 29.4 Å². The average molecular weight is 966 g/mol. The lowest BCUT2D eigenvalue weighted by Gasteiger charge is -2.47. The van der Waals surface area contributed by atoms with E-state index < -0.39 is 81.3 Å². The van der Waals surface area contributed by atoms with Crippen LogP contribution in [0.2, 0.25) is 0 Å². The lowest BCUT2D eigenvalue weighted by molar-refractivity contribution is -0.136. The molecule has 69 heavy (non-hydrogen) atoms. The first kappa shape index (κ1) is 46.1. The highest BCUT2D eigenvalue weighted by molar-refractivity contribution is 7.90. The molecule has 0 spiro atoms. The zero-order valence-corrected chi connectivity index (χ0v) is 38.7. The van der Waals surface area contributed by atoms with E-state index >= 15 is 8.78 Å². The van der Waals surface area contributed by atoms with Crippen LogP contribution in [0.15, 0.2) is 73.1 Å². The number of carbonyl (C=O) groups is 5. The largest absolute Gasteiger partial charge is 0.372 e. The normalized spacial score (nSPS) is 23.0. The lowest BCUT2D eigenvalue weighted by Crippen LogP contribution is -2.58. The van der Waals surface area contributed by atoms with Crippen molar-refractivity contribution >= 4 is 67.7 Å². The van der Waals surface area contributed by atoms with E-state index in [1.807, 2.05) is 35.1 Å². The number of piperazine rings is 1. The number of amides is 4. The molecule has 3 aromatic carbocycles. The predicted molar refractivity (Wildman–Crippen MR) is 251 cm³/mol. The standard InChI is InChI=1S/C49H50F3N9O7S/c1-27-23-58(34-7-8-35-37(20-34)49(66)61(48(35)65)41-11-12-42(62)55-47(41)64)24-28(2)60(27)25-29-13-16-57(17-14-29)33-5-3-30(4-6-33)31-19-36-38(22-54-46(36)53-21-31)45(63)43-39(51)9-10-40(44(43)52)56-69(67,68)59-18-15-32(50)26-59/h3-10,19-22,27-29,32,41,56H,11-18,23-26H2,1-2H3,(H,53,54)(H,55,62,64)/t27-,28-,32-,41?/m1/s1. The number of aromatic nitrogens is 2. The van der Waals surface area contributed by atoms with Crippen LogP contribution in [0.5, 0.6) is 0 Å². The van der Waals surface area contributed by atoms with E-state index in [9.17, 15) is 36.8 Å². The molecule has 0 radical (unpaired) electrons. The van der Waals surface area contributed by atoms with Gasteiger partial charge in [-0.15, -0.1) is 0 Å². The highest BCUT2D eigenvalue weighted by Crippen LogP contribution is 2.35. The summed E-state index contributed by atoms with van der Waals surface area (Å²) in [4.78, 5) is 80.3. The quantitative estimate of drug-likeness (QED) is 0.110. The maximum absolute atomic E-state index is 15.8. The molecule has 3 N–H and O–H groups in total. The second-order valence-corrected chi connectivity index (χ2v) is 20.4. The smallest absolute Gasteiger partial charge is 0.301 e. The fraction of sp³-hybridized carbons (Fsp3) is 0.388. The number of H-pyrrole nitrogens is 1. The van der Waals surface area contributed by atoms with E-state index in [1.165, 1.54) is 6.20 Å². The summed E-state index contributed by atoms with van der Waals surface area (Å²) >= 11 is 0. The number of nitrogens with zero attached hydrogens (tertiary/aromatic N) is 6. The Morgan fingerprint density at radius 3 is 2.22 bits per heavy atom. The van der Waals surface area contributed by atoms with Gasteiger partial charge in [-0.3, -0.25) is 43.8 Å². The van der Waals surface area contributed by atoms with Gasteiger partial charge in [-0.05, 0) is 99.5 Å². The molecule has 20 heteroatoms. The first-order chi connectivity index (χ1) is 33.0. The van der Waals surface area contributed by atoms with Gasteiger partial charge in [-0.2, -0.15) is 12.7 Å². The first-order valence-corrected chi connectivity index (χ1v) is 24.6. The molecule has 1 unspecified atom stereocenters. The number of benzene rings is 3. The number of imide groups is 2. The van der Waals surface area contributed by atoms with Gasteiger partial charge in [0.1, 0.15) is 23.7 Å². The molecule has 0 bridgehead atoms. The fourth-order valence-corrected chi connectivity index (χ4v) is 11.8. The molecule has 5 aliphatic rings. The Kier molecular flexibility index (Phi) is 12.0. The number of fused-ring (bicyclic) bond motifs is 2. The number of aromatic amines is 1. The van der Waals surface area contributed by atoms with Crippen molar-refractivity contribution in [3.63, 3.8) is 0 Å². The Balaban J connectivity index is 0.753. The van der Waals surface area contributed by atoms with E-state index in [4.69, 9.17) is 0 Å². The third kappa shape index (κ3) is 8.62. The van der Waals surface area contributed by atoms with Crippen LogP contribution < -0.4 is 19.8 Å². The van der Waals surface area contributed by atoms with Crippen LogP contribution in [0.4, 0.5) is 30.2 Å². The third-order valence-corrected chi connectivity index (χ3v) is 15.8. The van der Waals surface area contributed by atoms with Gasteiger partial charge in [0.15, 0.2) is 5.82 Å². The van der Waals surface area contributed by atoms with Gasteiger partial charge in [-0.25, -0.2) is 18.2 Å². The number of piperidine rings is 2. The predicted octanol–water partition coefficient (Wildman–Crippen LogP) is 5.66. The summed E-state index contributed by atoms with van der Waals surface area (Å²) in [6, 6.07) is 16.1. The molecule has 0 saturated carbocycles. The number of pyridine rings is 1. The molecule has 7 heterocycles. The molecule has 5 aromatic rings. The summed E-state index contributed by atoms with van der Waals surface area (Å²) in [6.45, 7) is 8.09. The second-order valence-electron chi connectivity index (χ2n) is 18.7. The average Bonchev–Trinajstić information content (AvgIpc) is 4.04. The number of rotatable bonds is 11. The molecule has 10 rings (SSSR count). The van der Waals surface area contributed by atoms with Crippen molar-refractivity contribution in [1.29, 1.82) is 0 Å². The summed E-state index contributed by atoms with van der Waals surface area (Å²) in [5.41, 5.74) is 2.59. The zero-order valence-electron chi connectivity index (χ0n) is 37.9. The Morgan fingerprint density at radius 2 is 1.52 bits per heavy atom. The van der Waals surface area contributed by atoms with Crippen LogP contribution in [0, 0.1) is 17.6 Å². The number of carbonyl (C=O) groups excluding carboxylic acids is 5. The minimum absolute atomic E-state index is 0.00324. The van der Waals surface area contributed by atoms with Crippen molar-refractivity contribution in [3.8, 4) is 11.1 Å². The van der Waals surface area contributed by atoms with Crippen molar-refractivity contribution < 1.29 is 45.6 Å². The number of ketones is 1. The van der Waals surface area contributed by atoms with Crippen LogP contribution in [0.1, 0.15) is 82.6 Å². The van der Waals surface area contributed by atoms with Gasteiger partial charge in [0.25, 0.3) is 11.8 Å². The fourth-order valence-electron chi connectivity index (χ4n) is 10.6. The van der Waals surface area contributed by atoms with Gasteiger partial charge in [-0.1, -0.05) is 12.1 Å². The molecule has 4 amide bonds. The molecule has 16 nitrogen and oxygen atoms in total. The topological polar surface area (TPSA) is 188 Å². The summed E-state index contributed by atoms with van der Waals surface area (Å²) in [6.07, 6.45) is 3.77. The van der Waals surface area contributed by atoms with Gasteiger partial charge in [0.2, 0.25) is 17.6 Å². The van der Waals surface area contributed by atoms with Crippen molar-refractivity contribution in [2.45, 2.75) is 70.2 Å². The van der Waals surface area contributed by atoms with Crippen molar-refractivity contribution in [3.05, 3.63) is 107 Å². The Morgan fingerprint density at radius 1 is 0.812 bits per heavy atom. The number of hydrogen-bond donors (Lipinski definition) is 3. The highest BCUT2D eigenvalue weighted by atomic mass is 32.2. The molecule has 4 saturated heterocycles. The van der Waals surface area contributed by atoms with Crippen LogP contribution in [-0.2, 0) is 19.8 Å². The van der Waals surface area contributed by atoms with E-state index in [1.54, 1.807) is 24.4 Å². The lowest BCUT2D eigenvalue weighted by atomic mass is 9.93. The molecular formula is C49H50F3N9O7S. The maximum atomic E-state index is 15.8. The number of nitrogens with one attached hydrogen (secondary N) is 3. The van der Waals surface area contributed by atoms with E-state index in [0.717, 1.165) is 83.8 Å². The van der Waals surface area contributed by atoms with E-state index in [2.05, 4.69) is 43.8 Å². The summed E-state index contributed by atoms with van der Waals surface area (Å²) in [5, 5.41) is 2.56. The number of hydrogen-bond acceptors (Lipinski definition) is 11. The van der Waals surface area contributed by atoms with Gasteiger partial charge >= 0.3 is 10.2 Å². The molecular weight excluding hydrogens is 916 g/mol. The van der Waals surface area contributed by atoms with E-state index in [-0.39, 0.29) is 54.6 Å². The van der Waals surface area contributed by atoms with Gasteiger partial charge in [0.05, 0.1) is 22.4 Å². The molecule has 2 aromatic heterocycles. The number of anilines is 3. The maximum Gasteiger partial charge on any atom is 0.301 e. The third-order valence-electron chi connectivity index (χ3n) is 14.3. The van der Waals surface area contributed by atoms with Gasteiger partial charge in [0, 0.05) is 105 Å². The number of halogens is 3. The Hall–Kier alpha value is -6.64. The van der Waals surface area contributed by atoms with Crippen LogP contribution in [0.25, 0.3) is 22.2 Å².